The monoisotopic (exact) mass is 328 g/mol. The zero-order chi connectivity index (χ0) is 13.1. The van der Waals surface area contributed by atoms with Gasteiger partial charge in [-0.1, -0.05) is 0 Å². The van der Waals surface area contributed by atoms with E-state index in [-0.39, 0.29) is 11.0 Å². The fourth-order valence-electron chi connectivity index (χ4n) is 1.10. The minimum Gasteiger partial charge on any atom is -0.330 e. The zero-order valence-electron chi connectivity index (χ0n) is 8.71. The maximum Gasteiger partial charge on any atom is 0.243 e. The van der Waals surface area contributed by atoms with E-state index in [4.69, 9.17) is 5.73 Å². The standard InChI is InChI=1S/C9H11BrF2N2O2S/c10-6-4-9(8(12)5-7(6)11)17(15,16)14-3-1-2-13/h4-5,14H,1-3,13H2. The van der Waals surface area contributed by atoms with Gasteiger partial charge in [0.1, 0.15) is 16.5 Å². The number of halogens is 3. The Bertz CT molecular complexity index is 508. The van der Waals surface area contributed by atoms with Crippen LogP contribution in [0.1, 0.15) is 6.42 Å². The van der Waals surface area contributed by atoms with E-state index < -0.39 is 26.6 Å². The van der Waals surface area contributed by atoms with E-state index in [1.807, 2.05) is 0 Å². The molecular weight excluding hydrogens is 318 g/mol. The molecule has 4 nitrogen and oxygen atoms in total. The average molecular weight is 329 g/mol. The van der Waals surface area contributed by atoms with Crippen LogP contribution in [0.5, 0.6) is 0 Å². The normalized spacial score (nSPS) is 11.8. The van der Waals surface area contributed by atoms with Crippen LogP contribution >= 0.6 is 15.9 Å². The Morgan fingerprint density at radius 2 is 1.94 bits per heavy atom. The minimum atomic E-state index is -3.98. The van der Waals surface area contributed by atoms with Gasteiger partial charge in [-0.05, 0) is 35.0 Å². The number of rotatable bonds is 5. The number of benzene rings is 1. The second kappa shape index (κ2) is 5.85. The first-order chi connectivity index (χ1) is 7.88. The highest BCUT2D eigenvalue weighted by atomic mass is 79.9. The zero-order valence-corrected chi connectivity index (χ0v) is 11.1. The Morgan fingerprint density at radius 3 is 2.53 bits per heavy atom. The van der Waals surface area contributed by atoms with E-state index >= 15 is 0 Å². The van der Waals surface area contributed by atoms with Gasteiger partial charge in [-0.3, -0.25) is 0 Å². The third kappa shape index (κ3) is 3.70. The molecule has 0 spiro atoms. The van der Waals surface area contributed by atoms with Gasteiger partial charge < -0.3 is 5.73 Å². The summed E-state index contributed by atoms with van der Waals surface area (Å²) in [5.74, 6) is -1.99. The van der Waals surface area contributed by atoms with Crippen LogP contribution in [0, 0.1) is 11.6 Å². The SMILES string of the molecule is NCCCNS(=O)(=O)c1cc(Br)c(F)cc1F. The molecule has 0 aromatic heterocycles. The topological polar surface area (TPSA) is 72.2 Å². The molecule has 0 atom stereocenters. The molecule has 0 fully saturated rings. The average Bonchev–Trinajstić information content (AvgIpc) is 2.23. The van der Waals surface area contributed by atoms with Crippen LogP contribution in [0.3, 0.4) is 0 Å². The second-order valence-corrected chi connectivity index (χ2v) is 5.83. The van der Waals surface area contributed by atoms with Gasteiger partial charge in [0.05, 0.1) is 4.47 Å². The van der Waals surface area contributed by atoms with Crippen molar-refractivity contribution >= 4 is 26.0 Å². The molecule has 0 radical (unpaired) electrons. The molecule has 17 heavy (non-hydrogen) atoms. The van der Waals surface area contributed by atoms with Gasteiger partial charge in [0.15, 0.2) is 0 Å². The lowest BCUT2D eigenvalue weighted by molar-refractivity contribution is 0.540. The first-order valence-corrected chi connectivity index (χ1v) is 7.00. The van der Waals surface area contributed by atoms with E-state index in [2.05, 4.69) is 20.7 Å². The lowest BCUT2D eigenvalue weighted by atomic mass is 10.3. The molecule has 0 aliphatic heterocycles. The third-order valence-corrected chi connectivity index (χ3v) is 4.02. The summed E-state index contributed by atoms with van der Waals surface area (Å²) >= 11 is 2.80. The number of nitrogens with two attached hydrogens (primary N) is 1. The molecule has 96 valence electrons. The quantitative estimate of drug-likeness (QED) is 0.633. The highest BCUT2D eigenvalue weighted by molar-refractivity contribution is 9.10. The minimum absolute atomic E-state index is 0.104. The maximum absolute atomic E-state index is 13.3. The van der Waals surface area contributed by atoms with Gasteiger partial charge in [-0.15, -0.1) is 0 Å². The highest BCUT2D eigenvalue weighted by Gasteiger charge is 2.20. The summed E-state index contributed by atoms with van der Waals surface area (Å²) in [6.07, 6.45) is 0.434. The van der Waals surface area contributed by atoms with Crippen molar-refractivity contribution in [2.45, 2.75) is 11.3 Å². The fourth-order valence-corrected chi connectivity index (χ4v) is 2.75. The lowest BCUT2D eigenvalue weighted by Gasteiger charge is -2.08. The molecule has 0 saturated heterocycles. The second-order valence-electron chi connectivity index (χ2n) is 3.24. The van der Waals surface area contributed by atoms with Crippen LogP contribution in [0.25, 0.3) is 0 Å². The van der Waals surface area contributed by atoms with Crippen molar-refractivity contribution < 1.29 is 17.2 Å². The van der Waals surface area contributed by atoms with E-state index in [1.165, 1.54) is 0 Å². The summed E-state index contributed by atoms with van der Waals surface area (Å²) in [7, 11) is -3.98. The molecule has 1 aromatic rings. The summed E-state index contributed by atoms with van der Waals surface area (Å²) < 4.78 is 51.6. The van der Waals surface area contributed by atoms with E-state index in [1.54, 1.807) is 0 Å². The van der Waals surface area contributed by atoms with Crippen molar-refractivity contribution in [2.75, 3.05) is 13.1 Å². The van der Waals surface area contributed by atoms with Crippen LogP contribution in [0.4, 0.5) is 8.78 Å². The largest absolute Gasteiger partial charge is 0.330 e. The van der Waals surface area contributed by atoms with Crippen molar-refractivity contribution in [3.05, 3.63) is 28.2 Å². The molecule has 0 aliphatic carbocycles. The van der Waals surface area contributed by atoms with Crippen molar-refractivity contribution in [1.82, 2.24) is 4.72 Å². The molecule has 0 heterocycles. The summed E-state index contributed by atoms with van der Waals surface area (Å²) in [6.45, 7) is 0.422. The Hall–Kier alpha value is -0.570. The molecule has 0 bridgehead atoms. The summed E-state index contributed by atoms with van der Waals surface area (Å²) in [6, 6.07) is 1.40. The Labute approximate surface area is 106 Å². The van der Waals surface area contributed by atoms with Crippen molar-refractivity contribution in [3.8, 4) is 0 Å². The number of nitrogens with one attached hydrogen (secondary N) is 1. The van der Waals surface area contributed by atoms with Gasteiger partial charge in [0.25, 0.3) is 0 Å². The van der Waals surface area contributed by atoms with Crippen molar-refractivity contribution in [1.29, 1.82) is 0 Å². The molecule has 0 unspecified atom stereocenters. The smallest absolute Gasteiger partial charge is 0.243 e. The predicted octanol–water partition coefficient (Wildman–Crippen LogP) is 1.35. The fraction of sp³-hybridized carbons (Fsp3) is 0.333. The van der Waals surface area contributed by atoms with Gasteiger partial charge in [0, 0.05) is 12.6 Å². The summed E-state index contributed by atoms with van der Waals surface area (Å²) in [5, 5.41) is 0. The first kappa shape index (κ1) is 14.5. The molecule has 8 heteroatoms. The highest BCUT2D eigenvalue weighted by Crippen LogP contribution is 2.23. The van der Waals surface area contributed by atoms with Gasteiger partial charge in [-0.2, -0.15) is 0 Å². The van der Waals surface area contributed by atoms with Crippen LogP contribution < -0.4 is 10.5 Å². The number of sulfonamides is 1. The van der Waals surface area contributed by atoms with Crippen LogP contribution in [0.2, 0.25) is 0 Å². The third-order valence-electron chi connectivity index (χ3n) is 1.94. The predicted molar refractivity (Wildman–Crippen MR) is 62.9 cm³/mol. The Kier molecular flexibility index (Phi) is 4.99. The summed E-state index contributed by atoms with van der Waals surface area (Å²) in [4.78, 5) is -0.595. The Balaban J connectivity index is 3.03. The molecule has 3 N–H and O–H groups in total. The molecule has 1 rings (SSSR count). The molecule has 1 aromatic carbocycles. The van der Waals surface area contributed by atoms with Crippen LogP contribution in [-0.4, -0.2) is 21.5 Å². The van der Waals surface area contributed by atoms with Gasteiger partial charge >= 0.3 is 0 Å². The van der Waals surface area contributed by atoms with Crippen molar-refractivity contribution in [2.24, 2.45) is 5.73 Å². The molecule has 0 aliphatic rings. The number of hydrogen-bond acceptors (Lipinski definition) is 3. The van der Waals surface area contributed by atoms with E-state index in [9.17, 15) is 17.2 Å². The van der Waals surface area contributed by atoms with Crippen LogP contribution in [-0.2, 0) is 10.0 Å². The van der Waals surface area contributed by atoms with Gasteiger partial charge in [0.2, 0.25) is 10.0 Å². The number of hydrogen-bond donors (Lipinski definition) is 2. The first-order valence-electron chi connectivity index (χ1n) is 4.73. The van der Waals surface area contributed by atoms with Gasteiger partial charge in [-0.25, -0.2) is 21.9 Å². The Morgan fingerprint density at radius 1 is 1.29 bits per heavy atom. The van der Waals surface area contributed by atoms with Crippen LogP contribution in [0.15, 0.2) is 21.5 Å². The van der Waals surface area contributed by atoms with E-state index in [0.717, 1.165) is 6.07 Å². The molecule has 0 amide bonds. The maximum atomic E-state index is 13.3. The molecular formula is C9H11BrF2N2O2S. The molecule has 0 saturated carbocycles. The van der Waals surface area contributed by atoms with E-state index in [0.29, 0.717) is 19.0 Å². The summed E-state index contributed by atoms with van der Waals surface area (Å²) in [5.41, 5.74) is 5.20. The van der Waals surface area contributed by atoms with Crippen molar-refractivity contribution in [3.63, 3.8) is 0 Å². The lowest BCUT2D eigenvalue weighted by Crippen LogP contribution is -2.27.